The molecule has 150 valence electrons. The van der Waals surface area contributed by atoms with Crippen molar-refractivity contribution in [2.24, 2.45) is 4.99 Å². The summed E-state index contributed by atoms with van der Waals surface area (Å²) in [7, 11) is 5.89. The first kappa shape index (κ1) is 23.3. The normalized spacial score (nSPS) is 11.1. The largest absolute Gasteiger partial charge is 0.378 e. The Bertz CT molecular complexity index is 733. The van der Waals surface area contributed by atoms with Gasteiger partial charge in [0.05, 0.1) is 5.69 Å². The molecule has 0 unspecified atom stereocenters. The van der Waals surface area contributed by atoms with Crippen molar-refractivity contribution in [2.75, 3.05) is 26.0 Å². The Morgan fingerprint density at radius 1 is 1.15 bits per heavy atom. The van der Waals surface area contributed by atoms with Gasteiger partial charge in [-0.3, -0.25) is 4.99 Å². The highest BCUT2D eigenvalue weighted by Crippen LogP contribution is 2.17. The number of benzene rings is 1. The first-order valence-electron chi connectivity index (χ1n) is 9.17. The van der Waals surface area contributed by atoms with E-state index < -0.39 is 0 Å². The van der Waals surface area contributed by atoms with Crippen LogP contribution in [0.25, 0.3) is 0 Å². The Labute approximate surface area is 179 Å². The predicted molar refractivity (Wildman–Crippen MR) is 123 cm³/mol. The molecule has 1 aromatic heterocycles. The number of halogens is 1. The van der Waals surface area contributed by atoms with Crippen LogP contribution in [-0.4, -0.2) is 32.3 Å². The van der Waals surface area contributed by atoms with Crippen LogP contribution in [0.5, 0.6) is 0 Å². The molecule has 6 nitrogen and oxygen atoms in total. The van der Waals surface area contributed by atoms with Crippen LogP contribution in [0.3, 0.4) is 0 Å². The molecule has 27 heavy (non-hydrogen) atoms. The number of hydrogen-bond donors (Lipinski definition) is 2. The Morgan fingerprint density at radius 3 is 2.41 bits per heavy atom. The van der Waals surface area contributed by atoms with Gasteiger partial charge in [0.15, 0.2) is 5.96 Å². The monoisotopic (exact) mass is 485 g/mol. The Kier molecular flexibility index (Phi) is 9.62. The molecule has 0 bridgehead atoms. The quantitative estimate of drug-likeness (QED) is 0.356. The fourth-order valence-corrected chi connectivity index (χ4v) is 2.87. The van der Waals surface area contributed by atoms with Crippen molar-refractivity contribution < 1.29 is 4.52 Å². The number of hydrogen-bond acceptors (Lipinski definition) is 4. The number of anilines is 1. The van der Waals surface area contributed by atoms with Gasteiger partial charge in [-0.2, -0.15) is 0 Å². The molecule has 0 fully saturated rings. The third-order valence-electron chi connectivity index (χ3n) is 4.55. The van der Waals surface area contributed by atoms with E-state index in [0.717, 1.165) is 42.4 Å². The molecule has 2 aromatic rings. The van der Waals surface area contributed by atoms with Crippen LogP contribution >= 0.6 is 24.0 Å². The molecule has 0 aliphatic carbocycles. The van der Waals surface area contributed by atoms with Crippen LogP contribution in [0.15, 0.2) is 27.7 Å². The van der Waals surface area contributed by atoms with Crippen molar-refractivity contribution in [1.82, 2.24) is 15.8 Å². The molecule has 0 radical (unpaired) electrons. The molecule has 0 atom stereocenters. The van der Waals surface area contributed by atoms with E-state index in [0.29, 0.717) is 6.54 Å². The Balaban J connectivity index is 0.00000364. The Morgan fingerprint density at radius 2 is 1.85 bits per heavy atom. The lowest BCUT2D eigenvalue weighted by Gasteiger charge is -2.16. The second kappa shape index (κ2) is 11.2. The van der Waals surface area contributed by atoms with Crippen LogP contribution in [0.1, 0.15) is 42.0 Å². The lowest BCUT2D eigenvalue weighted by Crippen LogP contribution is -2.36. The van der Waals surface area contributed by atoms with E-state index >= 15 is 0 Å². The van der Waals surface area contributed by atoms with Gasteiger partial charge in [-0.1, -0.05) is 25.1 Å². The predicted octanol–water partition coefficient (Wildman–Crippen LogP) is 3.66. The summed E-state index contributed by atoms with van der Waals surface area (Å²) in [6, 6.07) is 6.50. The Hall–Kier alpha value is -1.77. The molecule has 2 rings (SSSR count). The van der Waals surface area contributed by atoms with Gasteiger partial charge in [0, 0.05) is 51.9 Å². The maximum atomic E-state index is 5.42. The highest BCUT2D eigenvalue weighted by molar-refractivity contribution is 14.0. The second-order valence-corrected chi connectivity index (χ2v) is 6.52. The summed E-state index contributed by atoms with van der Waals surface area (Å²) in [4.78, 5) is 6.44. The van der Waals surface area contributed by atoms with Gasteiger partial charge in [-0.05, 0) is 36.6 Å². The van der Waals surface area contributed by atoms with Gasteiger partial charge in [0.25, 0.3) is 0 Å². The molecular weight excluding hydrogens is 453 g/mol. The van der Waals surface area contributed by atoms with E-state index in [9.17, 15) is 0 Å². The van der Waals surface area contributed by atoms with Gasteiger partial charge in [0.1, 0.15) is 5.76 Å². The van der Waals surface area contributed by atoms with Crippen molar-refractivity contribution in [1.29, 1.82) is 0 Å². The molecule has 0 aliphatic heterocycles. The zero-order valence-corrected chi connectivity index (χ0v) is 19.5. The minimum atomic E-state index is 0. The smallest absolute Gasteiger partial charge is 0.191 e. The molecule has 7 heteroatoms. The molecule has 2 N–H and O–H groups in total. The zero-order valence-electron chi connectivity index (χ0n) is 17.2. The molecule has 0 saturated heterocycles. The van der Waals surface area contributed by atoms with Crippen LogP contribution in [0.2, 0.25) is 0 Å². The first-order chi connectivity index (χ1) is 12.5. The average molecular weight is 485 g/mol. The highest BCUT2D eigenvalue weighted by Gasteiger charge is 2.13. The van der Waals surface area contributed by atoms with E-state index in [-0.39, 0.29) is 24.0 Å². The summed E-state index contributed by atoms with van der Waals surface area (Å²) in [6.45, 7) is 7.70. The highest BCUT2D eigenvalue weighted by atomic mass is 127. The summed E-state index contributed by atoms with van der Waals surface area (Å²) in [5, 5.41) is 10.9. The molecular formula is C20H32IN5O. The SMILES string of the molecule is CCc1noc(CC)c1CNC(=NC)NCc1ccc(N(C)C)cc1C.I. The summed E-state index contributed by atoms with van der Waals surface area (Å²) in [5.41, 5.74) is 5.89. The number of rotatable bonds is 7. The number of aryl methyl sites for hydroxylation is 3. The van der Waals surface area contributed by atoms with E-state index in [1.165, 1.54) is 16.8 Å². The first-order valence-corrected chi connectivity index (χ1v) is 9.17. The molecule has 1 aromatic carbocycles. The van der Waals surface area contributed by atoms with Crippen molar-refractivity contribution in [3.05, 3.63) is 46.3 Å². The fraction of sp³-hybridized carbons (Fsp3) is 0.500. The van der Waals surface area contributed by atoms with E-state index in [1.807, 2.05) is 0 Å². The van der Waals surface area contributed by atoms with Gasteiger partial charge in [0.2, 0.25) is 0 Å². The number of aliphatic imine (C=N–C) groups is 1. The molecule has 0 amide bonds. The van der Waals surface area contributed by atoms with Crippen LogP contribution in [-0.2, 0) is 25.9 Å². The van der Waals surface area contributed by atoms with Crippen molar-refractivity contribution in [2.45, 2.75) is 46.7 Å². The number of nitrogens with zero attached hydrogens (tertiary/aromatic N) is 3. The van der Waals surface area contributed by atoms with E-state index in [2.05, 4.69) is 78.7 Å². The molecule has 0 spiro atoms. The fourth-order valence-electron chi connectivity index (χ4n) is 2.87. The van der Waals surface area contributed by atoms with Crippen LogP contribution in [0.4, 0.5) is 5.69 Å². The third kappa shape index (κ3) is 6.12. The number of nitrogens with one attached hydrogen (secondary N) is 2. The summed E-state index contributed by atoms with van der Waals surface area (Å²) in [6.07, 6.45) is 1.71. The van der Waals surface area contributed by atoms with Gasteiger partial charge in [-0.25, -0.2) is 0 Å². The molecule has 1 heterocycles. The minimum absolute atomic E-state index is 0. The van der Waals surface area contributed by atoms with Gasteiger partial charge >= 0.3 is 0 Å². The van der Waals surface area contributed by atoms with Crippen molar-refractivity contribution >= 4 is 35.6 Å². The zero-order chi connectivity index (χ0) is 19.1. The maximum absolute atomic E-state index is 5.42. The lowest BCUT2D eigenvalue weighted by atomic mass is 10.1. The second-order valence-electron chi connectivity index (χ2n) is 6.52. The topological polar surface area (TPSA) is 65.7 Å². The lowest BCUT2D eigenvalue weighted by molar-refractivity contribution is 0.380. The minimum Gasteiger partial charge on any atom is -0.378 e. The molecule has 0 aliphatic rings. The van der Waals surface area contributed by atoms with Crippen molar-refractivity contribution in [3.8, 4) is 0 Å². The van der Waals surface area contributed by atoms with Crippen LogP contribution < -0.4 is 15.5 Å². The third-order valence-corrected chi connectivity index (χ3v) is 4.55. The molecule has 0 saturated carbocycles. The van der Waals surface area contributed by atoms with E-state index in [4.69, 9.17) is 4.52 Å². The van der Waals surface area contributed by atoms with Gasteiger partial charge < -0.3 is 20.1 Å². The van der Waals surface area contributed by atoms with Crippen LogP contribution in [0, 0.1) is 6.92 Å². The van der Waals surface area contributed by atoms with Gasteiger partial charge in [-0.15, -0.1) is 24.0 Å². The number of aromatic nitrogens is 1. The summed E-state index contributed by atoms with van der Waals surface area (Å²) >= 11 is 0. The maximum Gasteiger partial charge on any atom is 0.191 e. The van der Waals surface area contributed by atoms with Crippen molar-refractivity contribution in [3.63, 3.8) is 0 Å². The number of guanidine groups is 1. The standard InChI is InChI=1S/C20H31N5O.HI/c1-7-18-17(19(8-2)26-24-18)13-23-20(21-4)22-12-15-9-10-16(25(5)6)11-14(15)3;/h9-11H,7-8,12-13H2,1-6H3,(H2,21,22,23);1H. The summed E-state index contributed by atoms with van der Waals surface area (Å²) < 4.78 is 5.42. The summed E-state index contributed by atoms with van der Waals surface area (Å²) in [5.74, 6) is 1.71. The van der Waals surface area contributed by atoms with E-state index in [1.54, 1.807) is 7.05 Å². The average Bonchev–Trinajstić information content (AvgIpc) is 3.04.